The molecule has 0 saturated heterocycles. The first-order valence-electron chi connectivity index (χ1n) is 8.36. The minimum absolute atomic E-state index is 0.132. The van der Waals surface area contributed by atoms with Crippen LogP contribution in [0.2, 0.25) is 0 Å². The Morgan fingerprint density at radius 3 is 2.46 bits per heavy atom. The molecule has 0 unspecified atom stereocenters. The predicted molar refractivity (Wildman–Crippen MR) is 96.5 cm³/mol. The number of carbonyl (C=O) groups excluding carboxylic acids is 1. The van der Waals surface area contributed by atoms with Crippen LogP contribution in [0.4, 0.5) is 4.39 Å². The maximum Gasteiger partial charge on any atom is 0.287 e. The van der Waals surface area contributed by atoms with E-state index in [2.05, 4.69) is 5.32 Å². The van der Waals surface area contributed by atoms with Gasteiger partial charge in [0.25, 0.3) is 5.91 Å². The van der Waals surface area contributed by atoms with Gasteiger partial charge in [-0.2, -0.15) is 0 Å². The van der Waals surface area contributed by atoms with Gasteiger partial charge in [0.05, 0.1) is 6.04 Å². The summed E-state index contributed by atoms with van der Waals surface area (Å²) in [5, 5.41) is 2.91. The molecule has 3 rings (SSSR count). The molecule has 0 bridgehead atoms. The van der Waals surface area contributed by atoms with E-state index >= 15 is 0 Å². The lowest BCUT2D eigenvalue weighted by Crippen LogP contribution is -2.26. The molecule has 4 nitrogen and oxygen atoms in total. The summed E-state index contributed by atoms with van der Waals surface area (Å²) < 4.78 is 23.9. The van der Waals surface area contributed by atoms with Crippen LogP contribution in [0, 0.1) is 12.7 Å². The van der Waals surface area contributed by atoms with Gasteiger partial charge in [0.2, 0.25) is 0 Å². The average Bonchev–Trinajstić information content (AvgIpc) is 3.11. The summed E-state index contributed by atoms with van der Waals surface area (Å²) >= 11 is 0. The van der Waals surface area contributed by atoms with Crippen LogP contribution >= 0.6 is 0 Å². The Bertz CT molecular complexity index is 869. The van der Waals surface area contributed by atoms with Crippen LogP contribution in [0.15, 0.2) is 65.1 Å². The Labute approximate surface area is 151 Å². The fourth-order valence-electron chi connectivity index (χ4n) is 2.47. The van der Waals surface area contributed by atoms with Crippen LogP contribution in [-0.4, -0.2) is 5.91 Å². The zero-order chi connectivity index (χ0) is 18.5. The number of aryl methyl sites for hydroxylation is 1. The van der Waals surface area contributed by atoms with E-state index in [1.54, 1.807) is 12.1 Å². The maximum absolute atomic E-state index is 12.9. The highest BCUT2D eigenvalue weighted by molar-refractivity contribution is 5.91. The predicted octanol–water partition coefficient (Wildman–Crippen LogP) is 4.80. The van der Waals surface area contributed by atoms with Gasteiger partial charge in [-0.3, -0.25) is 4.79 Å². The number of halogens is 1. The van der Waals surface area contributed by atoms with Crippen molar-refractivity contribution in [1.29, 1.82) is 0 Å². The molecule has 0 aliphatic carbocycles. The van der Waals surface area contributed by atoms with Gasteiger partial charge in [-0.1, -0.05) is 29.8 Å². The molecule has 0 saturated carbocycles. The molecule has 0 spiro atoms. The number of nitrogens with one attached hydrogen (secondary N) is 1. The van der Waals surface area contributed by atoms with Gasteiger partial charge >= 0.3 is 0 Å². The van der Waals surface area contributed by atoms with E-state index in [0.717, 1.165) is 5.56 Å². The third kappa shape index (κ3) is 4.51. The lowest BCUT2D eigenvalue weighted by molar-refractivity contribution is 0.0907. The summed E-state index contributed by atoms with van der Waals surface area (Å²) in [4.78, 5) is 12.3. The SMILES string of the molecule is Cc1ccc([C@H](C)NC(=O)c2ccc(COc3ccc(F)cc3)o2)cc1. The van der Waals surface area contributed by atoms with E-state index in [1.807, 2.05) is 38.1 Å². The number of carbonyl (C=O) groups is 1. The number of rotatable bonds is 6. The van der Waals surface area contributed by atoms with Gasteiger partial charge in [0, 0.05) is 0 Å². The quantitative estimate of drug-likeness (QED) is 0.693. The highest BCUT2D eigenvalue weighted by Gasteiger charge is 2.15. The molecular weight excluding hydrogens is 333 g/mol. The van der Waals surface area contributed by atoms with Gasteiger partial charge in [0.15, 0.2) is 5.76 Å². The van der Waals surface area contributed by atoms with Crippen LogP contribution in [0.1, 0.15) is 40.4 Å². The molecule has 1 amide bonds. The molecule has 134 valence electrons. The van der Waals surface area contributed by atoms with Crippen LogP contribution in [0.3, 0.4) is 0 Å². The van der Waals surface area contributed by atoms with Crippen molar-refractivity contribution in [2.75, 3.05) is 0 Å². The van der Waals surface area contributed by atoms with Crippen molar-refractivity contribution in [2.24, 2.45) is 0 Å². The Hall–Kier alpha value is -3.08. The number of ether oxygens (including phenoxy) is 1. The average molecular weight is 353 g/mol. The van der Waals surface area contributed by atoms with Crippen LogP contribution in [0.25, 0.3) is 0 Å². The third-order valence-corrected chi connectivity index (χ3v) is 4.01. The van der Waals surface area contributed by atoms with E-state index in [1.165, 1.54) is 29.8 Å². The first kappa shape index (κ1) is 17.7. The van der Waals surface area contributed by atoms with Gasteiger partial charge < -0.3 is 14.5 Å². The maximum atomic E-state index is 12.9. The molecule has 1 atom stereocenters. The highest BCUT2D eigenvalue weighted by Crippen LogP contribution is 2.17. The number of furan rings is 1. The molecule has 1 aromatic heterocycles. The number of benzene rings is 2. The van der Waals surface area contributed by atoms with Crippen LogP contribution < -0.4 is 10.1 Å². The zero-order valence-corrected chi connectivity index (χ0v) is 14.7. The van der Waals surface area contributed by atoms with Crippen LogP contribution in [-0.2, 0) is 6.61 Å². The Morgan fingerprint density at radius 2 is 1.77 bits per heavy atom. The number of hydrogen-bond donors (Lipinski definition) is 1. The normalized spacial score (nSPS) is 11.8. The topological polar surface area (TPSA) is 51.5 Å². The van der Waals surface area contributed by atoms with Gasteiger partial charge in [0.1, 0.15) is 23.9 Å². The molecule has 0 radical (unpaired) electrons. The summed E-state index contributed by atoms with van der Waals surface area (Å²) in [7, 11) is 0. The minimum atomic E-state index is -0.322. The van der Waals surface area contributed by atoms with Gasteiger partial charge in [-0.15, -0.1) is 0 Å². The van der Waals surface area contributed by atoms with Gasteiger partial charge in [-0.25, -0.2) is 4.39 Å². The molecule has 0 aliphatic heterocycles. The summed E-state index contributed by atoms with van der Waals surface area (Å²) in [5.41, 5.74) is 2.19. The van der Waals surface area contributed by atoms with Crippen molar-refractivity contribution in [3.63, 3.8) is 0 Å². The molecule has 5 heteroatoms. The minimum Gasteiger partial charge on any atom is -0.486 e. The first-order valence-corrected chi connectivity index (χ1v) is 8.36. The second-order valence-electron chi connectivity index (χ2n) is 6.11. The van der Waals surface area contributed by atoms with E-state index in [-0.39, 0.29) is 30.1 Å². The molecule has 0 fully saturated rings. The van der Waals surface area contributed by atoms with Crippen LogP contribution in [0.5, 0.6) is 5.75 Å². The summed E-state index contributed by atoms with van der Waals surface area (Å²) in [5.74, 6) is 0.661. The lowest BCUT2D eigenvalue weighted by Gasteiger charge is -2.13. The highest BCUT2D eigenvalue weighted by atomic mass is 19.1. The van der Waals surface area contributed by atoms with Crippen molar-refractivity contribution >= 4 is 5.91 Å². The molecule has 2 aromatic carbocycles. The number of amides is 1. The lowest BCUT2D eigenvalue weighted by atomic mass is 10.1. The van der Waals surface area contributed by atoms with Gasteiger partial charge in [-0.05, 0) is 55.8 Å². The van der Waals surface area contributed by atoms with Crippen molar-refractivity contribution in [2.45, 2.75) is 26.5 Å². The molecule has 0 aliphatic rings. The van der Waals surface area contributed by atoms with Crippen molar-refractivity contribution in [1.82, 2.24) is 5.32 Å². The van der Waals surface area contributed by atoms with E-state index in [9.17, 15) is 9.18 Å². The second kappa shape index (κ2) is 7.87. The molecular formula is C21H20FNO3. The Morgan fingerprint density at radius 1 is 1.08 bits per heavy atom. The number of hydrogen-bond acceptors (Lipinski definition) is 3. The Kier molecular flexibility index (Phi) is 5.37. The van der Waals surface area contributed by atoms with Crippen molar-refractivity contribution in [3.8, 4) is 5.75 Å². The zero-order valence-electron chi connectivity index (χ0n) is 14.7. The first-order chi connectivity index (χ1) is 12.5. The summed E-state index contributed by atoms with van der Waals surface area (Å²) in [6.45, 7) is 4.10. The molecule has 1 N–H and O–H groups in total. The van der Waals surface area contributed by atoms with E-state index < -0.39 is 0 Å². The fourth-order valence-corrected chi connectivity index (χ4v) is 2.47. The van der Waals surface area contributed by atoms with Crippen molar-refractivity contribution < 1.29 is 18.3 Å². The monoisotopic (exact) mass is 353 g/mol. The smallest absolute Gasteiger partial charge is 0.287 e. The second-order valence-corrected chi connectivity index (χ2v) is 6.11. The van der Waals surface area contributed by atoms with E-state index in [4.69, 9.17) is 9.15 Å². The molecule has 26 heavy (non-hydrogen) atoms. The summed E-state index contributed by atoms with van der Waals surface area (Å²) in [6.07, 6.45) is 0. The van der Waals surface area contributed by atoms with E-state index in [0.29, 0.717) is 11.5 Å². The Balaban J connectivity index is 1.57. The molecule has 1 heterocycles. The largest absolute Gasteiger partial charge is 0.486 e. The van der Waals surface area contributed by atoms with Crippen molar-refractivity contribution in [3.05, 3.63) is 89.1 Å². The fraction of sp³-hybridized carbons (Fsp3) is 0.190. The summed E-state index contributed by atoms with van der Waals surface area (Å²) in [6, 6.07) is 16.9. The molecule has 3 aromatic rings. The third-order valence-electron chi connectivity index (χ3n) is 4.01. The standard InChI is InChI=1S/C21H20FNO3/c1-14-3-5-16(6-4-14)15(2)23-21(24)20-12-11-19(26-20)13-25-18-9-7-17(22)8-10-18/h3-12,15H,13H2,1-2H3,(H,23,24)/t15-/m0/s1.